The Kier molecular flexibility index (Phi) is 8.46. The highest BCUT2D eigenvalue weighted by Crippen LogP contribution is 2.34. The number of anilines is 1. The van der Waals surface area contributed by atoms with E-state index in [9.17, 15) is 22.8 Å². The second-order valence-corrected chi connectivity index (χ2v) is 8.80. The van der Waals surface area contributed by atoms with E-state index in [1.165, 1.54) is 29.5 Å². The summed E-state index contributed by atoms with van der Waals surface area (Å²) >= 11 is 1.53. The van der Waals surface area contributed by atoms with E-state index in [1.807, 2.05) is 48.7 Å². The number of halogens is 3. The van der Waals surface area contributed by atoms with E-state index in [4.69, 9.17) is 0 Å². The summed E-state index contributed by atoms with van der Waals surface area (Å²) < 4.78 is 39.6. The van der Waals surface area contributed by atoms with Gasteiger partial charge in [-0.1, -0.05) is 55.0 Å². The number of amides is 2. The average Bonchev–Trinajstić information content (AvgIpc) is 3.32. The third-order valence-corrected chi connectivity index (χ3v) is 6.17. The van der Waals surface area contributed by atoms with Gasteiger partial charge in [-0.2, -0.15) is 13.2 Å². The minimum atomic E-state index is -4.58. The zero-order valence-corrected chi connectivity index (χ0v) is 19.7. The smallest absolute Gasteiger partial charge is 0.343 e. The Morgan fingerprint density at radius 3 is 2.26 bits per heavy atom. The standard InChI is InChI=1S/C25H26F3N3O2S/c1-3-31(15-22(32)29-20-8-5-4-7-19(20)25(26,27)28)16-23(33)30-24(21-9-6-14-34-21)18-12-10-17(2)11-13-18/h4-14,24H,3,15-16H2,1-2H3,(H,29,32)(H,30,33). The maximum atomic E-state index is 13.2. The molecule has 3 rings (SSSR count). The number of benzene rings is 2. The van der Waals surface area contributed by atoms with Crippen LogP contribution in [0.15, 0.2) is 66.0 Å². The van der Waals surface area contributed by atoms with Gasteiger partial charge >= 0.3 is 6.18 Å². The predicted octanol–water partition coefficient (Wildman–Crippen LogP) is 5.24. The molecule has 1 unspecified atom stereocenters. The lowest BCUT2D eigenvalue weighted by Crippen LogP contribution is -2.42. The number of likely N-dealkylation sites (N-methyl/N-ethyl adjacent to an activating group) is 1. The van der Waals surface area contributed by atoms with Crippen LogP contribution in [0.3, 0.4) is 0 Å². The largest absolute Gasteiger partial charge is 0.418 e. The van der Waals surface area contributed by atoms with Crippen molar-refractivity contribution in [2.75, 3.05) is 25.0 Å². The molecule has 0 radical (unpaired) electrons. The minimum absolute atomic E-state index is 0.0709. The van der Waals surface area contributed by atoms with Crippen LogP contribution in [0.25, 0.3) is 0 Å². The van der Waals surface area contributed by atoms with Crippen LogP contribution < -0.4 is 10.6 Å². The number of carbonyl (C=O) groups is 2. The minimum Gasteiger partial charge on any atom is -0.343 e. The van der Waals surface area contributed by atoms with Gasteiger partial charge in [0.1, 0.15) is 0 Å². The molecule has 0 fully saturated rings. The fourth-order valence-electron chi connectivity index (χ4n) is 3.45. The molecule has 0 bridgehead atoms. The summed E-state index contributed by atoms with van der Waals surface area (Å²) in [6, 6.07) is 16.2. The van der Waals surface area contributed by atoms with Gasteiger partial charge in [0, 0.05) is 4.88 Å². The number of alkyl halides is 3. The number of rotatable bonds is 9. The van der Waals surface area contributed by atoms with E-state index >= 15 is 0 Å². The number of para-hydroxylation sites is 1. The van der Waals surface area contributed by atoms with Gasteiger partial charge in [0.25, 0.3) is 0 Å². The molecule has 1 heterocycles. The molecule has 34 heavy (non-hydrogen) atoms. The summed E-state index contributed by atoms with van der Waals surface area (Å²) in [5, 5.41) is 7.27. The van der Waals surface area contributed by atoms with Crippen molar-refractivity contribution in [3.05, 3.63) is 87.6 Å². The van der Waals surface area contributed by atoms with E-state index in [2.05, 4.69) is 10.6 Å². The van der Waals surface area contributed by atoms with Crippen LogP contribution in [0, 0.1) is 6.92 Å². The molecular formula is C25H26F3N3O2S. The Balaban J connectivity index is 1.65. The van der Waals surface area contributed by atoms with Crippen molar-refractivity contribution in [3.8, 4) is 0 Å². The summed E-state index contributed by atoms with van der Waals surface area (Å²) in [7, 11) is 0. The van der Waals surface area contributed by atoms with Crippen molar-refractivity contribution >= 4 is 28.8 Å². The van der Waals surface area contributed by atoms with Gasteiger partial charge in [-0.3, -0.25) is 14.5 Å². The molecule has 0 saturated heterocycles. The number of carbonyl (C=O) groups excluding carboxylic acids is 2. The maximum absolute atomic E-state index is 13.2. The van der Waals surface area contributed by atoms with Crippen LogP contribution in [-0.4, -0.2) is 36.3 Å². The molecule has 2 N–H and O–H groups in total. The molecule has 3 aromatic rings. The first kappa shape index (κ1) is 25.5. The maximum Gasteiger partial charge on any atom is 0.418 e. The molecule has 2 aromatic carbocycles. The van der Waals surface area contributed by atoms with Crippen molar-refractivity contribution in [1.29, 1.82) is 0 Å². The van der Waals surface area contributed by atoms with E-state index in [-0.39, 0.29) is 30.7 Å². The third kappa shape index (κ3) is 6.91. The van der Waals surface area contributed by atoms with Crippen LogP contribution in [0.4, 0.5) is 18.9 Å². The first-order chi connectivity index (χ1) is 16.2. The summed E-state index contributed by atoms with van der Waals surface area (Å²) in [5.41, 5.74) is 0.819. The third-order valence-electron chi connectivity index (χ3n) is 5.23. The second kappa shape index (κ2) is 11.3. The topological polar surface area (TPSA) is 61.4 Å². The van der Waals surface area contributed by atoms with Crippen molar-refractivity contribution in [3.63, 3.8) is 0 Å². The zero-order chi connectivity index (χ0) is 24.7. The van der Waals surface area contributed by atoms with Gasteiger partial charge < -0.3 is 10.6 Å². The number of hydrogen-bond acceptors (Lipinski definition) is 4. The quantitative estimate of drug-likeness (QED) is 0.432. The monoisotopic (exact) mass is 489 g/mol. The number of nitrogens with one attached hydrogen (secondary N) is 2. The molecule has 0 aliphatic carbocycles. The molecule has 9 heteroatoms. The van der Waals surface area contributed by atoms with Crippen molar-refractivity contribution in [2.45, 2.75) is 26.1 Å². The second-order valence-electron chi connectivity index (χ2n) is 7.82. The molecule has 0 saturated carbocycles. The average molecular weight is 490 g/mol. The van der Waals surface area contributed by atoms with E-state index in [0.717, 1.165) is 22.1 Å². The van der Waals surface area contributed by atoms with Crippen LogP contribution in [0.1, 0.15) is 34.5 Å². The zero-order valence-electron chi connectivity index (χ0n) is 18.9. The number of hydrogen-bond donors (Lipinski definition) is 2. The molecule has 5 nitrogen and oxygen atoms in total. The van der Waals surface area contributed by atoms with E-state index in [1.54, 1.807) is 11.8 Å². The van der Waals surface area contributed by atoms with Crippen LogP contribution in [0.5, 0.6) is 0 Å². The molecule has 0 spiro atoms. The van der Waals surface area contributed by atoms with Crippen LogP contribution in [-0.2, 0) is 15.8 Å². The highest BCUT2D eigenvalue weighted by Gasteiger charge is 2.33. The Morgan fingerprint density at radius 1 is 0.971 bits per heavy atom. The van der Waals surface area contributed by atoms with Crippen LogP contribution >= 0.6 is 11.3 Å². The molecule has 1 aromatic heterocycles. The highest BCUT2D eigenvalue weighted by atomic mass is 32.1. The Morgan fingerprint density at radius 2 is 1.65 bits per heavy atom. The van der Waals surface area contributed by atoms with E-state index in [0.29, 0.717) is 6.54 Å². The van der Waals surface area contributed by atoms with Gasteiger partial charge in [-0.15, -0.1) is 11.3 Å². The lowest BCUT2D eigenvalue weighted by Gasteiger charge is -2.23. The van der Waals surface area contributed by atoms with Gasteiger partial charge in [0.15, 0.2) is 0 Å². The first-order valence-corrected chi connectivity index (χ1v) is 11.6. The summed E-state index contributed by atoms with van der Waals surface area (Å²) in [4.78, 5) is 27.9. The number of nitrogens with zero attached hydrogens (tertiary/aromatic N) is 1. The molecular weight excluding hydrogens is 463 g/mol. The molecule has 2 amide bonds. The SMILES string of the molecule is CCN(CC(=O)Nc1ccccc1C(F)(F)F)CC(=O)NC(c1ccc(C)cc1)c1cccs1. The first-order valence-electron chi connectivity index (χ1n) is 10.7. The Bertz CT molecular complexity index is 1100. The summed E-state index contributed by atoms with van der Waals surface area (Å²) in [6.07, 6.45) is -4.58. The van der Waals surface area contributed by atoms with Gasteiger partial charge in [0.2, 0.25) is 11.8 Å². The lowest BCUT2D eigenvalue weighted by molar-refractivity contribution is -0.137. The van der Waals surface area contributed by atoms with Gasteiger partial charge in [-0.25, -0.2) is 0 Å². The van der Waals surface area contributed by atoms with Crippen molar-refractivity contribution in [2.24, 2.45) is 0 Å². The predicted molar refractivity (Wildman–Crippen MR) is 128 cm³/mol. The fraction of sp³-hybridized carbons (Fsp3) is 0.280. The molecule has 1 atom stereocenters. The van der Waals surface area contributed by atoms with Gasteiger partial charge in [-0.05, 0) is 42.6 Å². The number of thiophene rings is 1. The fourth-order valence-corrected chi connectivity index (χ4v) is 4.26. The van der Waals surface area contributed by atoms with Crippen molar-refractivity contribution < 1.29 is 22.8 Å². The molecule has 0 aliphatic rings. The lowest BCUT2D eigenvalue weighted by atomic mass is 10.0. The number of aryl methyl sites for hydroxylation is 1. The molecule has 0 aliphatic heterocycles. The molecule has 180 valence electrons. The Hall–Kier alpha value is -3.17. The Labute approximate surface area is 200 Å². The summed E-state index contributed by atoms with van der Waals surface area (Å²) in [6.45, 7) is 3.85. The highest BCUT2D eigenvalue weighted by molar-refractivity contribution is 7.10. The van der Waals surface area contributed by atoms with Gasteiger partial charge in [0.05, 0.1) is 30.4 Å². The normalized spacial score (nSPS) is 12.4. The summed E-state index contributed by atoms with van der Waals surface area (Å²) in [5.74, 6) is -0.913. The van der Waals surface area contributed by atoms with Crippen LogP contribution in [0.2, 0.25) is 0 Å². The van der Waals surface area contributed by atoms with Crippen molar-refractivity contribution in [1.82, 2.24) is 10.2 Å². The van der Waals surface area contributed by atoms with E-state index < -0.39 is 17.6 Å².